The lowest BCUT2D eigenvalue weighted by Gasteiger charge is -2.31. The fraction of sp³-hybridized carbons (Fsp3) is 0.929. The van der Waals surface area contributed by atoms with E-state index in [1.54, 1.807) is 0 Å². The summed E-state index contributed by atoms with van der Waals surface area (Å²) in [6, 6.07) is 0. The summed E-state index contributed by atoms with van der Waals surface area (Å²) in [4.78, 5) is 12.8. The molecule has 0 unspecified atom stereocenters. The maximum atomic E-state index is 10.4. The molecule has 1 aliphatic heterocycles. The molecule has 0 atom stereocenters. The molecule has 1 rings (SSSR count). The molecule has 19 heavy (non-hydrogen) atoms. The quantitative estimate of drug-likeness (QED) is 0.615. The van der Waals surface area contributed by atoms with Crippen LogP contribution in [-0.4, -0.2) is 61.5 Å². The molecular weight excluding hydrogens is 246 g/mol. The number of unbranched alkanes of at least 4 members (excludes halogenated alkanes) is 1. The minimum absolute atomic E-state index is 0.103. The molecule has 1 heterocycles. The topological polar surface area (TPSA) is 59.0 Å². The van der Waals surface area contributed by atoms with Crippen molar-refractivity contribution in [2.24, 2.45) is 0 Å². The SMILES string of the molecule is CCCCOCCN1CCC(OCCC(=O)O)CC1. The summed E-state index contributed by atoms with van der Waals surface area (Å²) in [6.07, 6.45) is 4.64. The average molecular weight is 273 g/mol. The Morgan fingerprint density at radius 1 is 1.26 bits per heavy atom. The number of carboxylic acid groups (broad SMARTS) is 1. The van der Waals surface area contributed by atoms with Crippen LogP contribution in [0, 0.1) is 0 Å². The highest BCUT2D eigenvalue weighted by Crippen LogP contribution is 2.13. The number of ether oxygens (including phenoxy) is 2. The zero-order valence-corrected chi connectivity index (χ0v) is 12.0. The van der Waals surface area contributed by atoms with Gasteiger partial charge in [-0.15, -0.1) is 0 Å². The van der Waals surface area contributed by atoms with E-state index in [0.717, 1.165) is 52.1 Å². The summed E-state index contributed by atoms with van der Waals surface area (Å²) in [5, 5.41) is 8.54. The van der Waals surface area contributed by atoms with Crippen LogP contribution >= 0.6 is 0 Å². The Balaban J connectivity index is 1.97. The van der Waals surface area contributed by atoms with Crippen LogP contribution in [0.4, 0.5) is 0 Å². The zero-order valence-electron chi connectivity index (χ0n) is 12.0. The van der Waals surface area contributed by atoms with Crippen molar-refractivity contribution in [3.63, 3.8) is 0 Å². The Kier molecular flexibility index (Phi) is 8.79. The summed E-state index contributed by atoms with van der Waals surface area (Å²) in [7, 11) is 0. The Bertz CT molecular complexity index is 240. The van der Waals surface area contributed by atoms with E-state index in [-0.39, 0.29) is 12.5 Å². The molecule has 0 aromatic carbocycles. The fourth-order valence-electron chi connectivity index (χ4n) is 2.15. The number of likely N-dealkylation sites (tertiary alicyclic amines) is 1. The van der Waals surface area contributed by atoms with Crippen molar-refractivity contribution in [2.75, 3.05) is 39.5 Å². The largest absolute Gasteiger partial charge is 0.481 e. The van der Waals surface area contributed by atoms with E-state index in [9.17, 15) is 4.79 Å². The molecule has 112 valence electrons. The van der Waals surface area contributed by atoms with Gasteiger partial charge < -0.3 is 19.5 Å². The van der Waals surface area contributed by atoms with Gasteiger partial charge in [-0.05, 0) is 19.3 Å². The normalized spacial score (nSPS) is 17.7. The highest BCUT2D eigenvalue weighted by atomic mass is 16.5. The summed E-state index contributed by atoms with van der Waals surface area (Å²) in [5.74, 6) is -0.790. The van der Waals surface area contributed by atoms with E-state index >= 15 is 0 Å². The Hall–Kier alpha value is -0.650. The van der Waals surface area contributed by atoms with E-state index in [1.807, 2.05) is 0 Å². The highest BCUT2D eigenvalue weighted by molar-refractivity contribution is 5.66. The zero-order chi connectivity index (χ0) is 13.9. The van der Waals surface area contributed by atoms with Crippen molar-refractivity contribution in [2.45, 2.75) is 45.1 Å². The van der Waals surface area contributed by atoms with Gasteiger partial charge >= 0.3 is 5.97 Å². The molecule has 0 saturated carbocycles. The molecule has 1 saturated heterocycles. The predicted octanol–water partition coefficient (Wildman–Crippen LogP) is 1.76. The van der Waals surface area contributed by atoms with Crippen LogP contribution in [-0.2, 0) is 14.3 Å². The lowest BCUT2D eigenvalue weighted by molar-refractivity contribution is -0.138. The molecule has 5 nitrogen and oxygen atoms in total. The second-order valence-corrected chi connectivity index (χ2v) is 5.02. The first kappa shape index (κ1) is 16.4. The summed E-state index contributed by atoms with van der Waals surface area (Å²) < 4.78 is 11.1. The number of nitrogens with zero attached hydrogens (tertiary/aromatic N) is 1. The second kappa shape index (κ2) is 10.2. The minimum Gasteiger partial charge on any atom is -0.481 e. The van der Waals surface area contributed by atoms with E-state index in [4.69, 9.17) is 14.6 Å². The van der Waals surface area contributed by atoms with Crippen LogP contribution in [0.15, 0.2) is 0 Å². The molecule has 0 spiro atoms. The van der Waals surface area contributed by atoms with Crippen molar-refractivity contribution in [3.05, 3.63) is 0 Å². The Labute approximate surface area is 115 Å². The first-order valence-corrected chi connectivity index (χ1v) is 7.36. The first-order chi connectivity index (χ1) is 9.22. The number of rotatable bonds is 10. The molecule has 0 aromatic rings. The molecule has 1 aliphatic rings. The van der Waals surface area contributed by atoms with Gasteiger partial charge in [-0.25, -0.2) is 0 Å². The molecule has 0 aliphatic carbocycles. The third kappa shape index (κ3) is 8.18. The van der Waals surface area contributed by atoms with Crippen LogP contribution in [0.2, 0.25) is 0 Å². The van der Waals surface area contributed by atoms with Gasteiger partial charge in [0.05, 0.1) is 25.7 Å². The number of carbonyl (C=O) groups is 1. The molecular formula is C14H27NO4. The smallest absolute Gasteiger partial charge is 0.305 e. The van der Waals surface area contributed by atoms with Gasteiger partial charge in [0, 0.05) is 26.2 Å². The number of hydrogen-bond donors (Lipinski definition) is 1. The van der Waals surface area contributed by atoms with E-state index in [0.29, 0.717) is 6.61 Å². The van der Waals surface area contributed by atoms with Crippen LogP contribution in [0.3, 0.4) is 0 Å². The monoisotopic (exact) mass is 273 g/mol. The number of aliphatic carboxylic acids is 1. The van der Waals surface area contributed by atoms with E-state index in [1.165, 1.54) is 6.42 Å². The van der Waals surface area contributed by atoms with Gasteiger partial charge in [0.1, 0.15) is 0 Å². The summed E-state index contributed by atoms with van der Waals surface area (Å²) in [5.41, 5.74) is 0. The maximum absolute atomic E-state index is 10.4. The molecule has 0 aromatic heterocycles. The van der Waals surface area contributed by atoms with Gasteiger partial charge in [-0.1, -0.05) is 13.3 Å². The summed E-state index contributed by atoms with van der Waals surface area (Å²) in [6.45, 7) is 7.21. The minimum atomic E-state index is -0.790. The van der Waals surface area contributed by atoms with E-state index in [2.05, 4.69) is 11.8 Å². The van der Waals surface area contributed by atoms with Crippen LogP contribution < -0.4 is 0 Å². The molecule has 1 fully saturated rings. The van der Waals surface area contributed by atoms with Gasteiger partial charge in [0.2, 0.25) is 0 Å². The van der Waals surface area contributed by atoms with Crippen molar-refractivity contribution >= 4 is 5.97 Å². The lowest BCUT2D eigenvalue weighted by atomic mass is 10.1. The fourth-order valence-corrected chi connectivity index (χ4v) is 2.15. The third-order valence-electron chi connectivity index (χ3n) is 3.40. The molecule has 0 radical (unpaired) electrons. The number of carboxylic acids is 1. The van der Waals surface area contributed by atoms with Gasteiger partial charge in [-0.2, -0.15) is 0 Å². The van der Waals surface area contributed by atoms with Gasteiger partial charge in [-0.3, -0.25) is 4.79 Å². The van der Waals surface area contributed by atoms with Gasteiger partial charge in [0.25, 0.3) is 0 Å². The molecule has 1 N–H and O–H groups in total. The van der Waals surface area contributed by atoms with E-state index < -0.39 is 5.97 Å². The maximum Gasteiger partial charge on any atom is 0.305 e. The summed E-state index contributed by atoms with van der Waals surface area (Å²) >= 11 is 0. The van der Waals surface area contributed by atoms with Crippen LogP contribution in [0.1, 0.15) is 39.0 Å². The molecule has 0 bridgehead atoms. The predicted molar refractivity (Wildman–Crippen MR) is 73.4 cm³/mol. The highest BCUT2D eigenvalue weighted by Gasteiger charge is 2.19. The second-order valence-electron chi connectivity index (χ2n) is 5.02. The standard InChI is InChI=1S/C14H27NO4/c1-2-3-10-18-12-9-15-7-4-13(5-8-15)19-11-6-14(16)17/h13H,2-12H2,1H3,(H,16,17). The average Bonchev–Trinajstić information content (AvgIpc) is 2.40. The first-order valence-electron chi connectivity index (χ1n) is 7.36. The number of hydrogen-bond acceptors (Lipinski definition) is 4. The van der Waals surface area contributed by atoms with Crippen molar-refractivity contribution < 1.29 is 19.4 Å². The molecule has 5 heteroatoms. The van der Waals surface area contributed by atoms with Gasteiger partial charge in [0.15, 0.2) is 0 Å². The molecule has 0 amide bonds. The van der Waals surface area contributed by atoms with Crippen LogP contribution in [0.5, 0.6) is 0 Å². The number of piperidine rings is 1. The van der Waals surface area contributed by atoms with Crippen molar-refractivity contribution in [1.29, 1.82) is 0 Å². The Morgan fingerprint density at radius 2 is 2.00 bits per heavy atom. The van der Waals surface area contributed by atoms with Crippen molar-refractivity contribution in [3.8, 4) is 0 Å². The van der Waals surface area contributed by atoms with Crippen molar-refractivity contribution in [1.82, 2.24) is 4.90 Å². The lowest BCUT2D eigenvalue weighted by Crippen LogP contribution is -2.39. The Morgan fingerprint density at radius 3 is 2.63 bits per heavy atom. The van der Waals surface area contributed by atoms with Crippen LogP contribution in [0.25, 0.3) is 0 Å². The third-order valence-corrected chi connectivity index (χ3v) is 3.40.